The van der Waals surface area contributed by atoms with E-state index in [1.807, 2.05) is 12.5 Å². The summed E-state index contributed by atoms with van der Waals surface area (Å²) in [4.78, 5) is 23.4. The third-order valence-electron chi connectivity index (χ3n) is 2.30. The molecule has 4 nitrogen and oxygen atoms in total. The molecule has 0 saturated heterocycles. The van der Waals surface area contributed by atoms with E-state index in [1.54, 1.807) is 51.3 Å². The van der Waals surface area contributed by atoms with Gasteiger partial charge >= 0.3 is 5.97 Å². The van der Waals surface area contributed by atoms with Gasteiger partial charge in [-0.1, -0.05) is 0 Å². The van der Waals surface area contributed by atoms with Crippen LogP contribution in [0.25, 0.3) is 0 Å². The van der Waals surface area contributed by atoms with Gasteiger partial charge in [0.25, 0.3) is 0 Å². The predicted octanol–water partition coefficient (Wildman–Crippen LogP) is 2.13. The summed E-state index contributed by atoms with van der Waals surface area (Å²) in [7, 11) is 1.58. The molecule has 0 spiro atoms. The van der Waals surface area contributed by atoms with Crippen LogP contribution in [0.15, 0.2) is 0 Å². The molecular formula is C12H23NO3S2. The molecule has 0 heterocycles. The summed E-state index contributed by atoms with van der Waals surface area (Å²) >= 11 is 3.18. The fourth-order valence-electron chi connectivity index (χ4n) is 1.19. The molecule has 0 saturated carbocycles. The van der Waals surface area contributed by atoms with Crippen molar-refractivity contribution in [1.29, 1.82) is 0 Å². The molecular weight excluding hydrogens is 270 g/mol. The fourth-order valence-corrected chi connectivity index (χ4v) is 2.87. The predicted molar refractivity (Wildman–Crippen MR) is 78.8 cm³/mol. The summed E-state index contributed by atoms with van der Waals surface area (Å²) in [5.74, 6) is -0.390. The van der Waals surface area contributed by atoms with Crippen molar-refractivity contribution in [2.45, 2.75) is 37.9 Å². The van der Waals surface area contributed by atoms with Gasteiger partial charge in [0.1, 0.15) is 6.10 Å². The van der Waals surface area contributed by atoms with Gasteiger partial charge in [-0.15, -0.1) is 23.5 Å². The highest BCUT2D eigenvalue weighted by Crippen LogP contribution is 2.28. The van der Waals surface area contributed by atoms with Gasteiger partial charge in [0, 0.05) is 7.05 Å². The molecule has 0 aromatic rings. The van der Waals surface area contributed by atoms with Crippen LogP contribution in [0.1, 0.15) is 27.2 Å². The molecule has 0 aromatic carbocycles. The van der Waals surface area contributed by atoms with E-state index in [1.165, 1.54) is 0 Å². The zero-order valence-corrected chi connectivity index (χ0v) is 13.5. The van der Waals surface area contributed by atoms with Crippen LogP contribution in [0, 0.1) is 5.41 Å². The average molecular weight is 293 g/mol. The summed E-state index contributed by atoms with van der Waals surface area (Å²) in [6, 6.07) is 0. The molecule has 0 aliphatic rings. The van der Waals surface area contributed by atoms with Gasteiger partial charge in [0.2, 0.25) is 5.91 Å². The van der Waals surface area contributed by atoms with Crippen molar-refractivity contribution < 1.29 is 14.3 Å². The minimum Gasteiger partial charge on any atom is -0.459 e. The molecule has 18 heavy (non-hydrogen) atoms. The van der Waals surface area contributed by atoms with Crippen molar-refractivity contribution in [3.8, 4) is 0 Å². The number of rotatable bonds is 6. The number of hydrogen-bond donors (Lipinski definition) is 1. The Labute approximate surface area is 118 Å². The van der Waals surface area contributed by atoms with Crippen LogP contribution in [0.5, 0.6) is 0 Å². The van der Waals surface area contributed by atoms with Crippen LogP contribution in [0.2, 0.25) is 0 Å². The standard InChI is InChI=1S/C12H23NO3S2/c1-12(2,3)11(15)16-8(7-9(14)13-4)10(17-5)18-6/h8,10H,7H2,1-6H3,(H,13,14). The molecule has 1 unspecified atom stereocenters. The second kappa shape index (κ2) is 7.94. The van der Waals surface area contributed by atoms with Crippen LogP contribution < -0.4 is 5.32 Å². The number of carbonyl (C=O) groups excluding carboxylic acids is 2. The summed E-state index contributed by atoms with van der Waals surface area (Å²) < 4.78 is 5.55. The number of nitrogens with one attached hydrogen (secondary N) is 1. The number of esters is 1. The van der Waals surface area contributed by atoms with Gasteiger partial charge in [-0.25, -0.2) is 0 Å². The summed E-state index contributed by atoms with van der Waals surface area (Å²) in [6.07, 6.45) is 3.69. The van der Waals surface area contributed by atoms with Gasteiger partial charge in [-0.2, -0.15) is 0 Å². The van der Waals surface area contributed by atoms with E-state index in [0.29, 0.717) is 0 Å². The van der Waals surface area contributed by atoms with E-state index in [2.05, 4.69) is 5.32 Å². The van der Waals surface area contributed by atoms with E-state index >= 15 is 0 Å². The van der Waals surface area contributed by atoms with Crippen LogP contribution in [-0.4, -0.2) is 42.1 Å². The highest BCUT2D eigenvalue weighted by molar-refractivity contribution is 8.16. The second-order valence-electron chi connectivity index (χ2n) is 4.91. The monoisotopic (exact) mass is 293 g/mol. The Balaban J connectivity index is 4.76. The van der Waals surface area contributed by atoms with Gasteiger partial charge in [-0.3, -0.25) is 9.59 Å². The van der Waals surface area contributed by atoms with E-state index in [-0.39, 0.29) is 22.9 Å². The first-order valence-electron chi connectivity index (χ1n) is 5.73. The molecule has 1 atom stereocenters. The fraction of sp³-hybridized carbons (Fsp3) is 0.833. The van der Waals surface area contributed by atoms with Crippen LogP contribution >= 0.6 is 23.5 Å². The van der Waals surface area contributed by atoms with Gasteiger partial charge in [-0.05, 0) is 33.3 Å². The molecule has 0 aliphatic carbocycles. The summed E-state index contributed by atoms with van der Waals surface area (Å²) in [5.41, 5.74) is -0.553. The molecule has 1 amide bonds. The molecule has 6 heteroatoms. The average Bonchev–Trinajstić information content (AvgIpc) is 2.28. The van der Waals surface area contributed by atoms with Crippen molar-refractivity contribution in [1.82, 2.24) is 5.32 Å². The summed E-state index contributed by atoms with van der Waals surface area (Å²) in [6.45, 7) is 5.42. The number of hydrogen-bond acceptors (Lipinski definition) is 5. The van der Waals surface area contributed by atoms with E-state index in [4.69, 9.17) is 4.74 Å². The van der Waals surface area contributed by atoms with Crippen molar-refractivity contribution in [3.63, 3.8) is 0 Å². The van der Waals surface area contributed by atoms with Crippen LogP contribution in [0.3, 0.4) is 0 Å². The van der Waals surface area contributed by atoms with Crippen LogP contribution in [-0.2, 0) is 14.3 Å². The number of ether oxygens (including phenoxy) is 1. The van der Waals surface area contributed by atoms with Crippen molar-refractivity contribution in [2.24, 2.45) is 5.41 Å². The lowest BCUT2D eigenvalue weighted by atomic mass is 9.97. The van der Waals surface area contributed by atoms with E-state index < -0.39 is 11.5 Å². The first-order chi connectivity index (χ1) is 8.26. The molecule has 0 radical (unpaired) electrons. The van der Waals surface area contributed by atoms with Crippen molar-refractivity contribution in [3.05, 3.63) is 0 Å². The highest BCUT2D eigenvalue weighted by Gasteiger charge is 2.31. The van der Waals surface area contributed by atoms with Crippen LogP contribution in [0.4, 0.5) is 0 Å². The molecule has 0 bridgehead atoms. The number of carbonyl (C=O) groups is 2. The lowest BCUT2D eigenvalue weighted by Gasteiger charge is -2.27. The maximum absolute atomic E-state index is 11.9. The Hall–Kier alpha value is -0.360. The highest BCUT2D eigenvalue weighted by atomic mass is 32.2. The Morgan fingerprint density at radius 2 is 1.72 bits per heavy atom. The summed E-state index contributed by atoms with van der Waals surface area (Å²) in [5, 5.41) is 2.56. The third kappa shape index (κ3) is 6.00. The Bertz CT molecular complexity index is 286. The third-order valence-corrected chi connectivity index (χ3v) is 5.00. The topological polar surface area (TPSA) is 55.4 Å². The minimum absolute atomic E-state index is 0.0635. The second-order valence-corrected chi connectivity index (χ2v) is 7.17. The first-order valence-corrected chi connectivity index (χ1v) is 8.31. The van der Waals surface area contributed by atoms with Crippen molar-refractivity contribution in [2.75, 3.05) is 19.6 Å². The van der Waals surface area contributed by atoms with Gasteiger partial charge < -0.3 is 10.1 Å². The smallest absolute Gasteiger partial charge is 0.311 e. The molecule has 106 valence electrons. The Kier molecular flexibility index (Phi) is 7.78. The molecule has 0 aliphatic heterocycles. The molecule has 0 aromatic heterocycles. The van der Waals surface area contributed by atoms with Gasteiger partial charge in [0.05, 0.1) is 16.4 Å². The number of amides is 1. The first kappa shape index (κ1) is 17.6. The normalized spacial score (nSPS) is 13.3. The minimum atomic E-state index is -0.553. The Morgan fingerprint density at radius 1 is 1.22 bits per heavy atom. The van der Waals surface area contributed by atoms with Crippen molar-refractivity contribution >= 4 is 35.4 Å². The van der Waals surface area contributed by atoms with E-state index in [9.17, 15) is 9.59 Å². The Morgan fingerprint density at radius 3 is 2.06 bits per heavy atom. The molecule has 1 N–H and O–H groups in total. The van der Waals surface area contributed by atoms with Gasteiger partial charge in [0.15, 0.2) is 0 Å². The quantitative estimate of drug-likeness (QED) is 0.600. The largest absolute Gasteiger partial charge is 0.459 e. The SMILES string of the molecule is CNC(=O)CC(OC(=O)C(C)(C)C)C(SC)SC. The zero-order chi connectivity index (χ0) is 14.3. The molecule has 0 fully saturated rings. The zero-order valence-electron chi connectivity index (χ0n) is 11.9. The number of thioether (sulfide) groups is 2. The van der Waals surface area contributed by atoms with E-state index in [0.717, 1.165) is 0 Å². The lowest BCUT2D eigenvalue weighted by molar-refractivity contribution is -0.158. The lowest BCUT2D eigenvalue weighted by Crippen LogP contribution is -2.36. The maximum Gasteiger partial charge on any atom is 0.311 e. The maximum atomic E-state index is 11.9. The molecule has 0 rings (SSSR count).